The fourth-order valence-corrected chi connectivity index (χ4v) is 3.84. The molecule has 0 aliphatic carbocycles. The van der Waals surface area contributed by atoms with Crippen LogP contribution in [0, 0.1) is 0 Å². The molecule has 29 heavy (non-hydrogen) atoms. The Labute approximate surface area is 174 Å². The predicted octanol–water partition coefficient (Wildman–Crippen LogP) is 2.98. The first-order valence-electron chi connectivity index (χ1n) is 10.6. The Kier molecular flexibility index (Phi) is 7.72. The third kappa shape index (κ3) is 6.34. The van der Waals surface area contributed by atoms with E-state index < -0.39 is 0 Å². The molecule has 1 unspecified atom stereocenters. The second-order valence-corrected chi connectivity index (χ2v) is 7.90. The van der Waals surface area contributed by atoms with Crippen molar-refractivity contribution in [3.63, 3.8) is 0 Å². The predicted molar refractivity (Wildman–Crippen MR) is 119 cm³/mol. The quantitative estimate of drug-likeness (QED) is 0.473. The number of hydrogen-bond donors (Lipinski definition) is 3. The van der Waals surface area contributed by atoms with Gasteiger partial charge in [-0.15, -0.1) is 0 Å². The van der Waals surface area contributed by atoms with Crippen molar-refractivity contribution in [2.24, 2.45) is 12.0 Å². The van der Waals surface area contributed by atoms with Crippen LogP contribution in [-0.2, 0) is 18.3 Å². The Morgan fingerprint density at radius 3 is 2.59 bits per heavy atom. The molecule has 1 atom stereocenters. The van der Waals surface area contributed by atoms with E-state index in [0.29, 0.717) is 6.54 Å². The van der Waals surface area contributed by atoms with Crippen molar-refractivity contribution in [3.05, 3.63) is 59.9 Å². The maximum atomic E-state index is 5.66. The number of hydrogen-bond acceptors (Lipinski definition) is 3. The van der Waals surface area contributed by atoms with Gasteiger partial charge in [-0.3, -0.25) is 0 Å². The zero-order valence-electron chi connectivity index (χ0n) is 17.9. The Hall–Kier alpha value is -2.31. The van der Waals surface area contributed by atoms with Crippen LogP contribution in [0.2, 0.25) is 0 Å². The molecule has 1 aromatic carbocycles. The molecule has 1 fully saturated rings. The minimum absolute atomic E-state index is 0.0174. The standard InChI is InChI=1S/C23H35N5O/c1-4-24-22(25-16-20-10-13-28(3)17-20)26-18-23(11-14-29-15-12-23)27-19(2)21-8-6-5-7-9-21/h5-10,13,17,19,27H,4,11-12,14-16,18H2,1-3H3,(H2,24,25,26). The monoisotopic (exact) mass is 397 g/mol. The molecule has 1 aliphatic heterocycles. The molecule has 1 aromatic heterocycles. The van der Waals surface area contributed by atoms with Crippen LogP contribution in [0.3, 0.4) is 0 Å². The third-order valence-electron chi connectivity index (χ3n) is 5.52. The number of aromatic nitrogens is 1. The van der Waals surface area contributed by atoms with E-state index in [1.807, 2.05) is 7.05 Å². The second kappa shape index (κ2) is 10.5. The maximum absolute atomic E-state index is 5.66. The summed E-state index contributed by atoms with van der Waals surface area (Å²) in [7, 11) is 2.03. The lowest BCUT2D eigenvalue weighted by atomic mass is 9.88. The molecule has 0 spiro atoms. The maximum Gasteiger partial charge on any atom is 0.191 e. The molecule has 1 saturated heterocycles. The van der Waals surface area contributed by atoms with E-state index in [0.717, 1.165) is 45.1 Å². The van der Waals surface area contributed by atoms with Gasteiger partial charge in [-0.25, -0.2) is 4.99 Å². The van der Waals surface area contributed by atoms with Gasteiger partial charge >= 0.3 is 0 Å². The van der Waals surface area contributed by atoms with Gasteiger partial charge in [0.2, 0.25) is 0 Å². The molecule has 6 nitrogen and oxygen atoms in total. The zero-order valence-corrected chi connectivity index (χ0v) is 17.9. The highest BCUT2D eigenvalue weighted by atomic mass is 16.5. The number of rotatable bonds is 8. The van der Waals surface area contributed by atoms with Gasteiger partial charge in [0, 0.05) is 57.3 Å². The average Bonchev–Trinajstić information content (AvgIpc) is 3.16. The molecule has 1 aliphatic rings. The first-order valence-corrected chi connectivity index (χ1v) is 10.6. The number of nitrogens with one attached hydrogen (secondary N) is 3. The van der Waals surface area contributed by atoms with Crippen LogP contribution in [0.1, 0.15) is 43.9 Å². The van der Waals surface area contributed by atoms with Gasteiger partial charge in [-0.05, 0) is 43.9 Å². The van der Waals surface area contributed by atoms with Gasteiger partial charge in [-0.2, -0.15) is 0 Å². The number of aliphatic imine (C=N–C) groups is 1. The largest absolute Gasteiger partial charge is 0.381 e. The highest BCUT2D eigenvalue weighted by Gasteiger charge is 2.34. The molecule has 0 amide bonds. The van der Waals surface area contributed by atoms with E-state index in [2.05, 4.69) is 83.2 Å². The van der Waals surface area contributed by atoms with Crippen molar-refractivity contribution in [1.82, 2.24) is 20.5 Å². The van der Waals surface area contributed by atoms with E-state index in [-0.39, 0.29) is 11.6 Å². The van der Waals surface area contributed by atoms with Crippen LogP contribution in [-0.4, -0.2) is 42.4 Å². The number of ether oxygens (including phenoxy) is 1. The lowest BCUT2D eigenvalue weighted by Crippen LogP contribution is -2.58. The fraction of sp³-hybridized carbons (Fsp3) is 0.522. The molecule has 158 valence electrons. The van der Waals surface area contributed by atoms with Crippen molar-refractivity contribution in [3.8, 4) is 0 Å². The number of guanidine groups is 1. The average molecular weight is 398 g/mol. The Morgan fingerprint density at radius 1 is 1.17 bits per heavy atom. The van der Waals surface area contributed by atoms with E-state index >= 15 is 0 Å². The minimum atomic E-state index is -0.0174. The normalized spacial score (nSPS) is 17.7. The van der Waals surface area contributed by atoms with Gasteiger partial charge in [0.1, 0.15) is 0 Å². The van der Waals surface area contributed by atoms with E-state index in [1.54, 1.807) is 0 Å². The van der Waals surface area contributed by atoms with Crippen LogP contribution in [0.15, 0.2) is 53.8 Å². The van der Waals surface area contributed by atoms with Crippen LogP contribution in [0.25, 0.3) is 0 Å². The molecule has 3 rings (SSSR count). The van der Waals surface area contributed by atoms with Crippen LogP contribution in [0.5, 0.6) is 0 Å². The SMILES string of the molecule is CCNC(=NCc1ccn(C)c1)NCC1(NC(C)c2ccccc2)CCOCC1. The van der Waals surface area contributed by atoms with Crippen molar-refractivity contribution in [1.29, 1.82) is 0 Å². The van der Waals surface area contributed by atoms with Crippen molar-refractivity contribution >= 4 is 5.96 Å². The number of aryl methyl sites for hydroxylation is 1. The Balaban J connectivity index is 1.66. The highest BCUT2D eigenvalue weighted by molar-refractivity contribution is 5.79. The topological polar surface area (TPSA) is 62.6 Å². The number of benzene rings is 1. The summed E-state index contributed by atoms with van der Waals surface area (Å²) < 4.78 is 7.71. The summed E-state index contributed by atoms with van der Waals surface area (Å²) >= 11 is 0. The molecule has 0 saturated carbocycles. The smallest absolute Gasteiger partial charge is 0.191 e. The summed E-state index contributed by atoms with van der Waals surface area (Å²) in [5.41, 5.74) is 2.50. The van der Waals surface area contributed by atoms with E-state index in [4.69, 9.17) is 9.73 Å². The van der Waals surface area contributed by atoms with Crippen molar-refractivity contribution in [2.75, 3.05) is 26.3 Å². The lowest BCUT2D eigenvalue weighted by Gasteiger charge is -2.41. The lowest BCUT2D eigenvalue weighted by molar-refractivity contribution is 0.0355. The zero-order chi connectivity index (χ0) is 20.5. The highest BCUT2D eigenvalue weighted by Crippen LogP contribution is 2.25. The van der Waals surface area contributed by atoms with Crippen LogP contribution < -0.4 is 16.0 Å². The van der Waals surface area contributed by atoms with E-state index in [9.17, 15) is 0 Å². The summed E-state index contributed by atoms with van der Waals surface area (Å²) in [6, 6.07) is 13.0. The number of nitrogens with zero attached hydrogens (tertiary/aromatic N) is 2. The Morgan fingerprint density at radius 2 is 1.93 bits per heavy atom. The molecule has 2 aromatic rings. The molecule has 0 radical (unpaired) electrons. The van der Waals surface area contributed by atoms with E-state index in [1.165, 1.54) is 11.1 Å². The summed E-state index contributed by atoms with van der Waals surface area (Å²) in [5.74, 6) is 0.858. The molecule has 6 heteroatoms. The fourth-order valence-electron chi connectivity index (χ4n) is 3.84. The molecule has 2 heterocycles. The second-order valence-electron chi connectivity index (χ2n) is 7.90. The Bertz CT molecular complexity index is 765. The molecular formula is C23H35N5O. The van der Waals surface area contributed by atoms with Crippen molar-refractivity contribution in [2.45, 2.75) is 44.8 Å². The summed E-state index contributed by atoms with van der Waals surface area (Å²) in [6.07, 6.45) is 6.12. The summed E-state index contributed by atoms with van der Waals surface area (Å²) in [6.45, 7) is 8.22. The summed E-state index contributed by atoms with van der Waals surface area (Å²) in [4.78, 5) is 4.77. The van der Waals surface area contributed by atoms with Gasteiger partial charge < -0.3 is 25.3 Å². The van der Waals surface area contributed by atoms with Crippen LogP contribution in [0.4, 0.5) is 0 Å². The third-order valence-corrected chi connectivity index (χ3v) is 5.52. The molecular weight excluding hydrogens is 362 g/mol. The van der Waals surface area contributed by atoms with Gasteiger partial charge in [0.25, 0.3) is 0 Å². The van der Waals surface area contributed by atoms with Gasteiger partial charge in [0.15, 0.2) is 5.96 Å². The van der Waals surface area contributed by atoms with Gasteiger partial charge in [-0.1, -0.05) is 30.3 Å². The first kappa shape index (κ1) is 21.4. The molecule has 3 N–H and O–H groups in total. The first-order chi connectivity index (χ1) is 14.1. The minimum Gasteiger partial charge on any atom is -0.381 e. The summed E-state index contributed by atoms with van der Waals surface area (Å²) in [5, 5.41) is 10.8. The molecule has 0 bridgehead atoms. The van der Waals surface area contributed by atoms with Crippen molar-refractivity contribution < 1.29 is 4.74 Å². The van der Waals surface area contributed by atoms with Gasteiger partial charge in [0.05, 0.1) is 6.54 Å². The van der Waals surface area contributed by atoms with Crippen LogP contribution >= 0.6 is 0 Å².